The largest absolute Gasteiger partial charge is 0.372 e. The van der Waals surface area contributed by atoms with Crippen molar-refractivity contribution in [3.05, 3.63) is 35.4 Å². The van der Waals surface area contributed by atoms with Crippen molar-refractivity contribution in [3.8, 4) is 0 Å². The van der Waals surface area contributed by atoms with Crippen molar-refractivity contribution < 1.29 is 4.74 Å². The van der Waals surface area contributed by atoms with Gasteiger partial charge in [-0.3, -0.25) is 4.90 Å². The molecule has 0 aliphatic carbocycles. The van der Waals surface area contributed by atoms with Gasteiger partial charge in [0.15, 0.2) is 0 Å². The Labute approximate surface area is 115 Å². The Hall–Kier alpha value is -0.900. The third-order valence-corrected chi connectivity index (χ3v) is 4.35. The van der Waals surface area contributed by atoms with Crippen molar-refractivity contribution in [2.24, 2.45) is 5.73 Å². The molecule has 1 aromatic rings. The number of nitrogens with two attached hydrogens (primary N) is 1. The number of hydrogen-bond donors (Lipinski definition) is 1. The lowest BCUT2D eigenvalue weighted by molar-refractivity contribution is -0.0559. The van der Waals surface area contributed by atoms with Gasteiger partial charge in [0.2, 0.25) is 0 Å². The number of hydrogen-bond acceptors (Lipinski definition) is 3. The van der Waals surface area contributed by atoms with E-state index in [2.05, 4.69) is 43.0 Å². The third kappa shape index (κ3) is 2.69. The summed E-state index contributed by atoms with van der Waals surface area (Å²) in [7, 11) is 0. The molecule has 19 heavy (non-hydrogen) atoms. The highest BCUT2D eigenvalue weighted by molar-refractivity contribution is 5.26. The van der Waals surface area contributed by atoms with Gasteiger partial charge in [-0.05, 0) is 32.3 Å². The molecule has 3 heteroatoms. The zero-order valence-corrected chi connectivity index (χ0v) is 11.9. The van der Waals surface area contributed by atoms with Crippen molar-refractivity contribution in [2.75, 3.05) is 13.1 Å². The van der Waals surface area contributed by atoms with Crippen LogP contribution in [-0.4, -0.2) is 36.2 Å². The van der Waals surface area contributed by atoms with Crippen LogP contribution in [-0.2, 0) is 4.74 Å². The molecule has 3 nitrogen and oxygen atoms in total. The molecule has 2 bridgehead atoms. The maximum atomic E-state index is 6.28. The highest BCUT2D eigenvalue weighted by Gasteiger charge is 2.37. The summed E-state index contributed by atoms with van der Waals surface area (Å²) in [4.78, 5) is 2.53. The molecule has 4 atom stereocenters. The van der Waals surface area contributed by atoms with E-state index in [1.54, 1.807) is 0 Å². The molecule has 2 fully saturated rings. The average molecular weight is 260 g/mol. The number of morpholine rings is 1. The van der Waals surface area contributed by atoms with E-state index in [0.29, 0.717) is 18.2 Å². The maximum Gasteiger partial charge on any atom is 0.0707 e. The Morgan fingerprint density at radius 1 is 1.26 bits per heavy atom. The van der Waals surface area contributed by atoms with E-state index in [4.69, 9.17) is 10.5 Å². The standard InChI is InChI=1S/C16H24N2O/c1-11-4-3-5-13(8-11)16(12(2)17)18-9-14-6-7-15(10-18)19-14/h3-5,8,12,14-16H,6-7,9-10,17H2,1-2H3. The fourth-order valence-corrected chi connectivity index (χ4v) is 3.57. The fraction of sp³-hybridized carbons (Fsp3) is 0.625. The quantitative estimate of drug-likeness (QED) is 0.906. The molecule has 4 unspecified atom stereocenters. The predicted molar refractivity (Wildman–Crippen MR) is 77.0 cm³/mol. The number of rotatable bonds is 3. The Morgan fingerprint density at radius 2 is 1.95 bits per heavy atom. The van der Waals surface area contributed by atoms with Gasteiger partial charge in [0.25, 0.3) is 0 Å². The summed E-state index contributed by atoms with van der Waals surface area (Å²) in [5.41, 5.74) is 8.93. The zero-order valence-electron chi connectivity index (χ0n) is 11.9. The van der Waals surface area contributed by atoms with E-state index >= 15 is 0 Å². The summed E-state index contributed by atoms with van der Waals surface area (Å²) < 4.78 is 5.93. The zero-order chi connectivity index (χ0) is 13.4. The van der Waals surface area contributed by atoms with Crippen molar-refractivity contribution in [1.29, 1.82) is 0 Å². The molecule has 1 aromatic carbocycles. The molecular weight excluding hydrogens is 236 g/mol. The van der Waals surface area contributed by atoms with E-state index in [9.17, 15) is 0 Å². The Bertz CT molecular complexity index is 434. The first-order valence-corrected chi connectivity index (χ1v) is 7.35. The van der Waals surface area contributed by atoms with Crippen molar-refractivity contribution in [1.82, 2.24) is 4.90 Å². The molecule has 0 saturated carbocycles. The van der Waals surface area contributed by atoms with Crippen molar-refractivity contribution >= 4 is 0 Å². The van der Waals surface area contributed by atoms with Gasteiger partial charge in [-0.25, -0.2) is 0 Å². The van der Waals surface area contributed by atoms with Gasteiger partial charge < -0.3 is 10.5 Å². The van der Waals surface area contributed by atoms with Gasteiger partial charge in [-0.2, -0.15) is 0 Å². The number of benzene rings is 1. The second-order valence-electron chi connectivity index (χ2n) is 6.13. The molecule has 0 amide bonds. The van der Waals surface area contributed by atoms with Gasteiger partial charge in [0, 0.05) is 25.2 Å². The van der Waals surface area contributed by atoms with E-state index < -0.39 is 0 Å². The first kappa shape index (κ1) is 13.1. The predicted octanol–water partition coefficient (Wildman–Crippen LogP) is 2.25. The first-order valence-electron chi connectivity index (χ1n) is 7.35. The van der Waals surface area contributed by atoms with Gasteiger partial charge >= 0.3 is 0 Å². The number of nitrogens with zero attached hydrogens (tertiary/aromatic N) is 1. The Balaban J connectivity index is 1.85. The molecule has 2 aliphatic heterocycles. The molecule has 0 aromatic heterocycles. The van der Waals surface area contributed by atoms with E-state index in [0.717, 1.165) is 13.1 Å². The average Bonchev–Trinajstić information content (AvgIpc) is 2.68. The van der Waals surface area contributed by atoms with Crippen LogP contribution in [0, 0.1) is 6.92 Å². The monoisotopic (exact) mass is 260 g/mol. The Morgan fingerprint density at radius 3 is 2.53 bits per heavy atom. The molecule has 2 N–H and O–H groups in total. The normalized spacial score (nSPS) is 30.3. The third-order valence-electron chi connectivity index (χ3n) is 4.35. The molecule has 2 saturated heterocycles. The highest BCUT2D eigenvalue weighted by Crippen LogP contribution is 2.33. The lowest BCUT2D eigenvalue weighted by Gasteiger charge is -2.40. The summed E-state index contributed by atoms with van der Waals surface area (Å²) in [6, 6.07) is 9.20. The van der Waals surface area contributed by atoms with Crippen LogP contribution in [0.2, 0.25) is 0 Å². The first-order chi connectivity index (χ1) is 9.13. The van der Waals surface area contributed by atoms with Crippen LogP contribution in [0.15, 0.2) is 24.3 Å². The molecular formula is C16H24N2O. The molecule has 2 aliphatic rings. The smallest absolute Gasteiger partial charge is 0.0707 e. The number of aryl methyl sites for hydroxylation is 1. The molecule has 2 heterocycles. The minimum atomic E-state index is 0.138. The summed E-state index contributed by atoms with van der Waals surface area (Å²) in [6.07, 6.45) is 3.26. The number of ether oxygens (including phenoxy) is 1. The van der Waals surface area contributed by atoms with Crippen LogP contribution in [0.4, 0.5) is 0 Å². The fourth-order valence-electron chi connectivity index (χ4n) is 3.57. The molecule has 3 rings (SSSR count). The summed E-state index contributed by atoms with van der Waals surface area (Å²) in [5.74, 6) is 0. The topological polar surface area (TPSA) is 38.5 Å². The van der Waals surface area contributed by atoms with Gasteiger partial charge in [0.05, 0.1) is 12.2 Å². The van der Waals surface area contributed by atoms with Gasteiger partial charge in [-0.15, -0.1) is 0 Å². The van der Waals surface area contributed by atoms with E-state index in [-0.39, 0.29) is 6.04 Å². The van der Waals surface area contributed by atoms with Gasteiger partial charge in [0.1, 0.15) is 0 Å². The highest BCUT2D eigenvalue weighted by atomic mass is 16.5. The molecule has 104 valence electrons. The second-order valence-corrected chi connectivity index (χ2v) is 6.13. The second kappa shape index (κ2) is 5.23. The van der Waals surface area contributed by atoms with Crippen LogP contribution in [0.25, 0.3) is 0 Å². The SMILES string of the molecule is Cc1cccc(C(C(C)N)N2CC3CCC(C2)O3)c1. The van der Waals surface area contributed by atoms with E-state index in [1.807, 2.05) is 0 Å². The van der Waals surface area contributed by atoms with Crippen LogP contribution in [0.5, 0.6) is 0 Å². The molecule has 0 spiro atoms. The number of likely N-dealkylation sites (tertiary alicyclic amines) is 1. The van der Waals surface area contributed by atoms with Crippen molar-refractivity contribution in [3.63, 3.8) is 0 Å². The minimum absolute atomic E-state index is 0.138. The Kier molecular flexibility index (Phi) is 3.61. The number of fused-ring (bicyclic) bond motifs is 2. The van der Waals surface area contributed by atoms with Crippen LogP contribution < -0.4 is 5.73 Å². The van der Waals surface area contributed by atoms with Gasteiger partial charge in [-0.1, -0.05) is 29.8 Å². The summed E-state index contributed by atoms with van der Waals surface area (Å²) >= 11 is 0. The van der Waals surface area contributed by atoms with Crippen LogP contribution >= 0.6 is 0 Å². The summed E-state index contributed by atoms with van der Waals surface area (Å²) in [5, 5.41) is 0. The lowest BCUT2D eigenvalue weighted by Crippen LogP contribution is -2.48. The maximum absolute atomic E-state index is 6.28. The minimum Gasteiger partial charge on any atom is -0.372 e. The van der Waals surface area contributed by atoms with Crippen LogP contribution in [0.3, 0.4) is 0 Å². The van der Waals surface area contributed by atoms with Crippen LogP contribution in [0.1, 0.15) is 36.9 Å². The van der Waals surface area contributed by atoms with Crippen molar-refractivity contribution in [2.45, 2.75) is 51.0 Å². The lowest BCUT2D eigenvalue weighted by atomic mass is 9.97. The van der Waals surface area contributed by atoms with E-state index in [1.165, 1.54) is 24.0 Å². The summed E-state index contributed by atoms with van der Waals surface area (Å²) in [6.45, 7) is 6.31. The molecule has 0 radical (unpaired) electrons.